The van der Waals surface area contributed by atoms with Gasteiger partial charge in [-0.05, 0) is 52.8 Å². The zero-order valence-electron chi connectivity index (χ0n) is 24.9. The zero-order valence-corrected chi connectivity index (χ0v) is 24.9. The fourth-order valence-electron chi connectivity index (χ4n) is 5.39. The number of aliphatic hydroxyl groups is 1. The van der Waals surface area contributed by atoms with E-state index in [0.717, 1.165) is 39.2 Å². The van der Waals surface area contributed by atoms with E-state index in [1.165, 1.54) is 0 Å². The van der Waals surface area contributed by atoms with Crippen LogP contribution in [0.3, 0.4) is 0 Å². The van der Waals surface area contributed by atoms with Crippen LogP contribution in [0.5, 0.6) is 11.8 Å². The summed E-state index contributed by atoms with van der Waals surface area (Å²) < 4.78 is 21.7. The van der Waals surface area contributed by atoms with E-state index in [1.54, 1.807) is 18.0 Å². The van der Waals surface area contributed by atoms with Crippen LogP contribution in [0.25, 0.3) is 34.3 Å². The SMILES string of the molecule is CCOc1nn([C@@H](C)CO)c2c1/C=C/c1[nH]nc3ncc(cc13)-c1c(COC)nn(C)c1OC[C@@H](C)N(C(C)C)C2. The number of ether oxygens (including phenoxy) is 3. The molecule has 1 aliphatic heterocycles. The van der Waals surface area contributed by atoms with Gasteiger partial charge in [0.05, 0.1) is 54.1 Å². The highest BCUT2D eigenvalue weighted by Gasteiger charge is 2.28. The lowest BCUT2D eigenvalue weighted by molar-refractivity contribution is 0.100. The second-order valence-electron chi connectivity index (χ2n) is 10.8. The van der Waals surface area contributed by atoms with Gasteiger partial charge in [-0.1, -0.05) is 0 Å². The zero-order chi connectivity index (χ0) is 29.3. The smallest absolute Gasteiger partial charge is 0.240 e. The van der Waals surface area contributed by atoms with E-state index in [-0.39, 0.29) is 24.7 Å². The van der Waals surface area contributed by atoms with E-state index in [2.05, 4.69) is 46.9 Å². The van der Waals surface area contributed by atoms with Crippen molar-refractivity contribution in [2.75, 3.05) is 26.9 Å². The fraction of sp³-hybridized carbons (Fsp3) is 0.517. The molecule has 12 heteroatoms. The Kier molecular flexibility index (Phi) is 8.43. The average Bonchev–Trinajstić information content (AvgIpc) is 3.61. The lowest BCUT2D eigenvalue weighted by Gasteiger charge is -2.33. The molecule has 12 nitrogen and oxygen atoms in total. The number of nitrogens with one attached hydrogen (secondary N) is 1. The first kappa shape index (κ1) is 28.8. The molecular weight excluding hydrogens is 524 g/mol. The molecule has 41 heavy (non-hydrogen) atoms. The van der Waals surface area contributed by atoms with Gasteiger partial charge in [0.1, 0.15) is 6.61 Å². The van der Waals surface area contributed by atoms with Crippen molar-refractivity contribution in [1.29, 1.82) is 0 Å². The minimum Gasteiger partial charge on any atom is -0.476 e. The summed E-state index contributed by atoms with van der Waals surface area (Å²) in [5.74, 6) is 1.18. The molecule has 5 heterocycles. The predicted molar refractivity (Wildman–Crippen MR) is 157 cm³/mol. The molecule has 0 saturated carbocycles. The minimum absolute atomic E-state index is 0.0337. The Morgan fingerprint density at radius 3 is 2.73 bits per heavy atom. The highest BCUT2D eigenvalue weighted by Crippen LogP contribution is 2.36. The summed E-state index contributed by atoms with van der Waals surface area (Å²) in [5.41, 5.74) is 5.72. The number of hydrogen-bond acceptors (Lipinski definition) is 9. The number of pyridine rings is 1. The molecule has 0 unspecified atom stereocenters. The minimum atomic E-state index is -0.232. The molecule has 4 aromatic heterocycles. The molecule has 4 aromatic rings. The Balaban J connectivity index is 1.74. The van der Waals surface area contributed by atoms with E-state index in [1.807, 2.05) is 37.7 Å². The van der Waals surface area contributed by atoms with E-state index in [4.69, 9.17) is 24.4 Å². The molecule has 220 valence electrons. The fourth-order valence-corrected chi connectivity index (χ4v) is 5.39. The monoisotopic (exact) mass is 564 g/mol. The van der Waals surface area contributed by atoms with Gasteiger partial charge in [-0.2, -0.15) is 10.2 Å². The van der Waals surface area contributed by atoms with Crippen molar-refractivity contribution in [3.8, 4) is 22.9 Å². The molecular formula is C29H40N8O4. The standard InChI is InChI=1S/C29H40N8O4/c1-8-40-28-21-9-10-23-22-11-20(12-30-27(22)32-31-23)26-24(16-39-7)33-35(6)29(26)41-15-19(5)36(17(2)3)13-25(21)37(34-28)18(4)14-38/h9-12,17-19,38H,8,13-16H2,1-7H3,(H,30,31,32)/b10-9+/t18-,19+/m0/s1. The van der Waals surface area contributed by atoms with Crippen LogP contribution in [0.4, 0.5) is 0 Å². The summed E-state index contributed by atoms with van der Waals surface area (Å²) >= 11 is 0. The number of hydrogen-bond donors (Lipinski definition) is 2. The van der Waals surface area contributed by atoms with Gasteiger partial charge in [0.2, 0.25) is 11.8 Å². The van der Waals surface area contributed by atoms with E-state index in [9.17, 15) is 5.11 Å². The van der Waals surface area contributed by atoms with Crippen molar-refractivity contribution in [2.24, 2.45) is 7.05 Å². The molecule has 0 aliphatic carbocycles. The first-order valence-corrected chi connectivity index (χ1v) is 14.1. The van der Waals surface area contributed by atoms with Gasteiger partial charge in [0.15, 0.2) is 5.65 Å². The van der Waals surface area contributed by atoms with Crippen LogP contribution in [0.15, 0.2) is 12.3 Å². The van der Waals surface area contributed by atoms with Gasteiger partial charge in [-0.3, -0.25) is 14.7 Å². The summed E-state index contributed by atoms with van der Waals surface area (Å²) in [6, 6.07) is 2.06. The van der Waals surface area contributed by atoms with Crippen molar-refractivity contribution in [3.05, 3.63) is 34.9 Å². The van der Waals surface area contributed by atoms with Crippen LogP contribution in [-0.4, -0.2) is 83.8 Å². The highest BCUT2D eigenvalue weighted by molar-refractivity contribution is 5.91. The molecule has 0 spiro atoms. The van der Waals surface area contributed by atoms with Crippen LogP contribution in [0.2, 0.25) is 0 Å². The van der Waals surface area contributed by atoms with Gasteiger partial charge in [0, 0.05) is 49.9 Å². The quantitative estimate of drug-likeness (QED) is 0.344. The van der Waals surface area contributed by atoms with Crippen LogP contribution in [-0.2, 0) is 24.9 Å². The largest absolute Gasteiger partial charge is 0.476 e. The number of fused-ring (bicyclic) bond motifs is 4. The summed E-state index contributed by atoms with van der Waals surface area (Å²) in [6.07, 6.45) is 5.79. The van der Waals surface area contributed by atoms with Crippen molar-refractivity contribution in [1.82, 2.24) is 39.6 Å². The molecule has 1 aliphatic rings. The summed E-state index contributed by atoms with van der Waals surface area (Å²) in [4.78, 5) is 7.01. The average molecular weight is 565 g/mol. The van der Waals surface area contributed by atoms with Gasteiger partial charge in [-0.25, -0.2) is 9.67 Å². The Bertz CT molecular complexity index is 1540. The van der Waals surface area contributed by atoms with E-state index in [0.29, 0.717) is 43.8 Å². The third-order valence-corrected chi connectivity index (χ3v) is 7.49. The molecule has 2 atom stereocenters. The number of aliphatic hydroxyl groups excluding tert-OH is 1. The van der Waals surface area contributed by atoms with E-state index >= 15 is 0 Å². The second-order valence-corrected chi connectivity index (χ2v) is 10.8. The Labute approximate surface area is 239 Å². The predicted octanol–water partition coefficient (Wildman–Crippen LogP) is 3.82. The molecule has 0 amide bonds. The first-order chi connectivity index (χ1) is 19.8. The molecule has 0 fully saturated rings. The number of methoxy groups -OCH3 is 1. The van der Waals surface area contributed by atoms with Crippen LogP contribution in [0, 0.1) is 0 Å². The Morgan fingerprint density at radius 1 is 1.22 bits per heavy atom. The van der Waals surface area contributed by atoms with Gasteiger partial charge in [0.25, 0.3) is 0 Å². The lowest BCUT2D eigenvalue weighted by atomic mass is 10.1. The van der Waals surface area contributed by atoms with Gasteiger partial charge < -0.3 is 19.3 Å². The summed E-state index contributed by atoms with van der Waals surface area (Å²) in [5, 5.41) is 28.0. The van der Waals surface area contributed by atoms with Crippen molar-refractivity contribution in [3.63, 3.8) is 0 Å². The Morgan fingerprint density at radius 2 is 2.02 bits per heavy atom. The normalized spacial score (nSPS) is 17.6. The van der Waals surface area contributed by atoms with E-state index < -0.39 is 0 Å². The molecule has 0 aromatic carbocycles. The highest BCUT2D eigenvalue weighted by atomic mass is 16.5. The number of aromatic amines is 1. The van der Waals surface area contributed by atoms with Crippen LogP contribution < -0.4 is 9.47 Å². The molecule has 5 rings (SSSR count). The first-order valence-electron chi connectivity index (χ1n) is 14.1. The molecule has 2 N–H and O–H groups in total. The maximum atomic E-state index is 10.1. The molecule has 2 bridgehead atoms. The number of nitrogens with zero attached hydrogens (tertiary/aromatic N) is 7. The van der Waals surface area contributed by atoms with Crippen LogP contribution >= 0.6 is 0 Å². The number of rotatable bonds is 7. The third-order valence-electron chi connectivity index (χ3n) is 7.49. The summed E-state index contributed by atoms with van der Waals surface area (Å²) in [7, 11) is 3.54. The van der Waals surface area contributed by atoms with Crippen molar-refractivity contribution >= 4 is 23.2 Å². The van der Waals surface area contributed by atoms with Crippen molar-refractivity contribution in [2.45, 2.75) is 65.9 Å². The second kappa shape index (κ2) is 12.0. The number of aryl methyl sites for hydroxylation is 1. The van der Waals surface area contributed by atoms with Crippen molar-refractivity contribution < 1.29 is 19.3 Å². The lowest BCUT2D eigenvalue weighted by Crippen LogP contribution is -2.42. The third kappa shape index (κ3) is 5.46. The van der Waals surface area contributed by atoms with Gasteiger partial charge >= 0.3 is 0 Å². The van der Waals surface area contributed by atoms with Gasteiger partial charge in [-0.15, -0.1) is 5.10 Å². The number of H-pyrrole nitrogens is 1. The topological polar surface area (TPSA) is 128 Å². The summed E-state index contributed by atoms with van der Waals surface area (Å²) in [6.45, 7) is 12.2. The molecule has 0 radical (unpaired) electrons. The Hall–Kier alpha value is -3.74. The maximum Gasteiger partial charge on any atom is 0.240 e. The van der Waals surface area contributed by atoms with Crippen LogP contribution in [0.1, 0.15) is 63.3 Å². The number of aromatic nitrogens is 7. The maximum absolute atomic E-state index is 10.1. The molecule has 0 saturated heterocycles.